The van der Waals surface area contributed by atoms with E-state index < -0.39 is 0 Å². The highest BCUT2D eigenvalue weighted by Crippen LogP contribution is 2.31. The monoisotopic (exact) mass is 421 g/mol. The van der Waals surface area contributed by atoms with E-state index in [1.54, 1.807) is 16.5 Å². The molecule has 0 radical (unpaired) electrons. The highest BCUT2D eigenvalue weighted by molar-refractivity contribution is 6.32. The number of nitrogens with one attached hydrogen (secondary N) is 1. The third-order valence-electron chi connectivity index (χ3n) is 5.32. The number of imidazole rings is 1. The largest absolute Gasteiger partial charge is 0.338 e. The van der Waals surface area contributed by atoms with Crippen LogP contribution in [0.15, 0.2) is 83.7 Å². The molecule has 0 saturated heterocycles. The van der Waals surface area contributed by atoms with Gasteiger partial charge in [0.1, 0.15) is 17.3 Å². The summed E-state index contributed by atoms with van der Waals surface area (Å²) in [4.78, 5) is 17.0. The number of nitriles is 1. The number of H-pyrrole nitrogens is 1. The fourth-order valence-corrected chi connectivity index (χ4v) is 4.09. The number of hydrogen-bond donors (Lipinski definition) is 1. The van der Waals surface area contributed by atoms with Crippen molar-refractivity contribution in [2.45, 2.75) is 0 Å². The Morgan fingerprint density at radius 1 is 0.903 bits per heavy atom. The third kappa shape index (κ3) is 3.13. The normalized spacial score (nSPS) is 11.4. The van der Waals surface area contributed by atoms with Crippen LogP contribution in [0.1, 0.15) is 16.7 Å². The van der Waals surface area contributed by atoms with Crippen molar-refractivity contribution in [1.29, 1.82) is 5.26 Å². The van der Waals surface area contributed by atoms with Gasteiger partial charge < -0.3 is 4.98 Å². The third-order valence-corrected chi connectivity index (χ3v) is 5.66. The van der Waals surface area contributed by atoms with Crippen molar-refractivity contribution in [1.82, 2.24) is 9.38 Å². The second kappa shape index (κ2) is 7.64. The lowest BCUT2D eigenvalue weighted by molar-refractivity contribution is 1.14. The summed E-state index contributed by atoms with van der Waals surface area (Å²) in [7, 11) is 0. The van der Waals surface area contributed by atoms with Crippen LogP contribution in [0.4, 0.5) is 0 Å². The van der Waals surface area contributed by atoms with Gasteiger partial charge in [-0.15, -0.1) is 0 Å². The first kappa shape index (κ1) is 18.9. The summed E-state index contributed by atoms with van der Waals surface area (Å²) in [6, 6.07) is 26.8. The van der Waals surface area contributed by atoms with E-state index in [1.165, 1.54) is 0 Å². The Morgan fingerprint density at radius 2 is 1.61 bits per heavy atom. The van der Waals surface area contributed by atoms with Crippen molar-refractivity contribution < 1.29 is 0 Å². The predicted octanol–water partition coefficient (Wildman–Crippen LogP) is 6.14. The zero-order valence-electron chi connectivity index (χ0n) is 16.3. The summed E-state index contributed by atoms with van der Waals surface area (Å²) >= 11 is 6.31. The van der Waals surface area contributed by atoms with Crippen molar-refractivity contribution >= 4 is 40.4 Å². The van der Waals surface area contributed by atoms with E-state index in [9.17, 15) is 10.1 Å². The fourth-order valence-electron chi connectivity index (χ4n) is 3.90. The van der Waals surface area contributed by atoms with Gasteiger partial charge in [-0.3, -0.25) is 9.20 Å². The topological polar surface area (TPSA) is 61.1 Å². The van der Waals surface area contributed by atoms with Crippen molar-refractivity contribution in [3.63, 3.8) is 0 Å². The van der Waals surface area contributed by atoms with Gasteiger partial charge in [0.2, 0.25) is 0 Å². The van der Waals surface area contributed by atoms with Crippen molar-refractivity contribution in [3.8, 4) is 17.2 Å². The molecule has 0 atom stereocenters. The van der Waals surface area contributed by atoms with Crippen molar-refractivity contribution in [2.24, 2.45) is 0 Å². The van der Waals surface area contributed by atoms with E-state index in [0.29, 0.717) is 27.4 Å². The van der Waals surface area contributed by atoms with Crippen molar-refractivity contribution in [3.05, 3.63) is 111 Å². The maximum absolute atomic E-state index is 13.7. The zero-order valence-corrected chi connectivity index (χ0v) is 17.1. The molecule has 0 fully saturated rings. The Bertz CT molecular complexity index is 1570. The minimum Gasteiger partial charge on any atom is -0.338 e. The van der Waals surface area contributed by atoms with Gasteiger partial charge in [0.05, 0.1) is 11.0 Å². The number of fused-ring (bicyclic) bond motifs is 3. The van der Waals surface area contributed by atoms with E-state index >= 15 is 0 Å². The molecule has 0 bridgehead atoms. The van der Waals surface area contributed by atoms with Crippen LogP contribution in [0.2, 0.25) is 5.02 Å². The van der Waals surface area contributed by atoms with Crippen LogP contribution in [-0.2, 0) is 0 Å². The molecule has 5 aromatic rings. The van der Waals surface area contributed by atoms with Gasteiger partial charge in [-0.25, -0.2) is 0 Å². The summed E-state index contributed by atoms with van der Waals surface area (Å²) in [5.41, 5.74) is 4.86. The molecule has 148 valence electrons. The average molecular weight is 422 g/mol. The Labute approximate surface area is 183 Å². The first-order chi connectivity index (χ1) is 15.2. The predicted molar refractivity (Wildman–Crippen MR) is 126 cm³/mol. The number of hydrogen-bond acceptors (Lipinski definition) is 2. The highest BCUT2D eigenvalue weighted by atomic mass is 35.5. The number of rotatable bonds is 3. The lowest BCUT2D eigenvalue weighted by atomic mass is 9.95. The smallest absolute Gasteiger partial charge is 0.264 e. The van der Waals surface area contributed by atoms with E-state index in [1.807, 2.05) is 78.9 Å². The number of pyridine rings is 1. The lowest BCUT2D eigenvalue weighted by Gasteiger charge is -2.11. The van der Waals surface area contributed by atoms with Crippen LogP contribution < -0.4 is 5.56 Å². The summed E-state index contributed by atoms with van der Waals surface area (Å²) in [6.07, 6.45) is 3.56. The molecular formula is C26H16ClN3O. The Hall–Kier alpha value is -4.07. The zero-order chi connectivity index (χ0) is 21.4. The number of aromatic amines is 1. The van der Waals surface area contributed by atoms with Gasteiger partial charge in [-0.05, 0) is 35.4 Å². The Kier molecular flexibility index (Phi) is 4.66. The van der Waals surface area contributed by atoms with E-state index in [0.717, 1.165) is 22.2 Å². The molecule has 2 heterocycles. The molecule has 4 nitrogen and oxygen atoms in total. The van der Waals surface area contributed by atoms with Crippen LogP contribution in [-0.4, -0.2) is 9.38 Å². The van der Waals surface area contributed by atoms with Gasteiger partial charge in [0.15, 0.2) is 0 Å². The van der Waals surface area contributed by atoms with Gasteiger partial charge >= 0.3 is 0 Å². The van der Waals surface area contributed by atoms with Gasteiger partial charge in [0, 0.05) is 16.1 Å². The SMILES string of the molecule is N#Cc1c(-c2ccccc2)c(/C=C/c2ccccc2Cl)c(=O)n2c1[nH]c1ccccc12. The quantitative estimate of drug-likeness (QED) is 0.380. The molecule has 31 heavy (non-hydrogen) atoms. The molecule has 0 spiro atoms. The molecule has 0 amide bonds. The van der Waals surface area contributed by atoms with E-state index in [4.69, 9.17) is 11.6 Å². The van der Waals surface area contributed by atoms with Gasteiger partial charge in [-0.2, -0.15) is 5.26 Å². The molecule has 2 aromatic heterocycles. The van der Waals surface area contributed by atoms with Crippen LogP contribution in [0, 0.1) is 11.3 Å². The molecule has 0 aliphatic heterocycles. The van der Waals surface area contributed by atoms with Gasteiger partial charge in [-0.1, -0.05) is 78.3 Å². The number of para-hydroxylation sites is 2. The maximum atomic E-state index is 13.7. The van der Waals surface area contributed by atoms with Crippen molar-refractivity contribution in [2.75, 3.05) is 0 Å². The summed E-state index contributed by atoms with van der Waals surface area (Å²) in [5.74, 6) is 0. The van der Waals surface area contributed by atoms with Crippen LogP contribution in [0.5, 0.6) is 0 Å². The molecule has 0 aliphatic rings. The second-order valence-electron chi connectivity index (χ2n) is 7.13. The number of halogens is 1. The molecule has 3 aromatic carbocycles. The van der Waals surface area contributed by atoms with E-state index in [2.05, 4.69) is 11.1 Å². The summed E-state index contributed by atoms with van der Waals surface area (Å²) in [6.45, 7) is 0. The highest BCUT2D eigenvalue weighted by Gasteiger charge is 2.20. The maximum Gasteiger partial charge on any atom is 0.264 e. The number of aromatic nitrogens is 2. The van der Waals surface area contributed by atoms with Gasteiger partial charge in [0.25, 0.3) is 5.56 Å². The molecule has 1 N–H and O–H groups in total. The second-order valence-corrected chi connectivity index (χ2v) is 7.53. The molecule has 0 saturated carbocycles. The first-order valence-corrected chi connectivity index (χ1v) is 10.1. The Morgan fingerprint density at radius 3 is 2.39 bits per heavy atom. The summed E-state index contributed by atoms with van der Waals surface area (Å²) in [5, 5.41) is 10.7. The molecular weight excluding hydrogens is 406 g/mol. The minimum atomic E-state index is -0.200. The van der Waals surface area contributed by atoms with Crippen LogP contribution >= 0.6 is 11.6 Å². The average Bonchev–Trinajstić information content (AvgIpc) is 3.19. The number of benzene rings is 3. The molecule has 5 rings (SSSR count). The standard InChI is InChI=1S/C26H16ClN3O/c27-21-11-5-4-8-17(21)14-15-19-24(18-9-2-1-3-10-18)20(16-28)25-29-22-12-6-7-13-23(22)30(25)26(19)31/h1-15,29H/b15-14+. The minimum absolute atomic E-state index is 0.200. The summed E-state index contributed by atoms with van der Waals surface area (Å²) < 4.78 is 1.58. The number of nitrogens with zero attached hydrogens (tertiary/aromatic N) is 2. The first-order valence-electron chi connectivity index (χ1n) is 9.76. The Balaban J connectivity index is 1.91. The van der Waals surface area contributed by atoms with Crippen LogP contribution in [0.3, 0.4) is 0 Å². The fraction of sp³-hybridized carbons (Fsp3) is 0. The molecule has 0 aliphatic carbocycles. The van der Waals surface area contributed by atoms with Crippen LogP contribution in [0.25, 0.3) is 40.0 Å². The van der Waals surface area contributed by atoms with E-state index in [-0.39, 0.29) is 5.56 Å². The lowest BCUT2D eigenvalue weighted by Crippen LogP contribution is -2.18. The molecule has 5 heteroatoms. The molecule has 0 unspecified atom stereocenters.